The zero-order valence-corrected chi connectivity index (χ0v) is 8.76. The van der Waals surface area contributed by atoms with Crippen molar-refractivity contribution in [3.8, 4) is 0 Å². The minimum atomic E-state index is -0.477. The molecule has 4 heteroatoms. The van der Waals surface area contributed by atoms with Gasteiger partial charge < -0.3 is 14.6 Å². The highest BCUT2D eigenvalue weighted by molar-refractivity contribution is 5.66. The van der Waals surface area contributed by atoms with E-state index in [4.69, 9.17) is 14.6 Å². The van der Waals surface area contributed by atoms with Gasteiger partial charge >= 0.3 is 5.97 Å². The van der Waals surface area contributed by atoms with Gasteiger partial charge in [0.2, 0.25) is 6.29 Å². The summed E-state index contributed by atoms with van der Waals surface area (Å²) in [5.41, 5.74) is 0. The first-order valence-electron chi connectivity index (χ1n) is 5.31. The van der Waals surface area contributed by atoms with E-state index < -0.39 is 6.29 Å². The summed E-state index contributed by atoms with van der Waals surface area (Å²) < 4.78 is 10.6. The Morgan fingerprint density at radius 2 is 2.13 bits per heavy atom. The molecule has 0 unspecified atom stereocenters. The van der Waals surface area contributed by atoms with Crippen LogP contribution in [0.1, 0.15) is 19.8 Å². The fourth-order valence-electron chi connectivity index (χ4n) is 2.43. The van der Waals surface area contributed by atoms with Gasteiger partial charge in [-0.05, 0) is 12.8 Å². The largest absolute Gasteiger partial charge is 0.436 e. The standard InChI is InChI=1S/C11H16O4/c1-7(13)14-11-9-5-3-2-4-8(9)10(6-12)15-11/h2-3,8-12H,4-6H2,1H3/t8-,9+,10+,11+/m0/s1. The van der Waals surface area contributed by atoms with Crippen molar-refractivity contribution >= 4 is 5.97 Å². The number of aliphatic hydroxyl groups excluding tert-OH is 1. The minimum Gasteiger partial charge on any atom is -0.436 e. The third-order valence-electron chi connectivity index (χ3n) is 3.13. The Bertz CT molecular complexity index is 274. The van der Waals surface area contributed by atoms with Crippen LogP contribution in [0.15, 0.2) is 12.2 Å². The topological polar surface area (TPSA) is 55.8 Å². The van der Waals surface area contributed by atoms with Crippen molar-refractivity contribution in [2.75, 3.05) is 6.61 Å². The Kier molecular flexibility index (Phi) is 3.07. The summed E-state index contributed by atoms with van der Waals surface area (Å²) in [7, 11) is 0. The third kappa shape index (κ3) is 2.06. The monoisotopic (exact) mass is 212 g/mol. The van der Waals surface area contributed by atoms with Crippen LogP contribution in [0.5, 0.6) is 0 Å². The Labute approximate surface area is 88.9 Å². The van der Waals surface area contributed by atoms with Gasteiger partial charge in [0, 0.05) is 18.8 Å². The fraction of sp³-hybridized carbons (Fsp3) is 0.727. The van der Waals surface area contributed by atoms with E-state index >= 15 is 0 Å². The number of allylic oxidation sites excluding steroid dienone is 2. The van der Waals surface area contributed by atoms with Gasteiger partial charge in [-0.2, -0.15) is 0 Å². The van der Waals surface area contributed by atoms with Crippen molar-refractivity contribution < 1.29 is 19.4 Å². The SMILES string of the molecule is CC(=O)O[C@@H]1O[C@H](CO)[C@H]2CC=CC[C@@H]12. The summed E-state index contributed by atoms with van der Waals surface area (Å²) in [6, 6.07) is 0. The highest BCUT2D eigenvalue weighted by Gasteiger charge is 2.45. The summed E-state index contributed by atoms with van der Waals surface area (Å²) in [5.74, 6) is 0.160. The molecule has 1 heterocycles. The number of aliphatic hydroxyl groups is 1. The smallest absolute Gasteiger partial charge is 0.304 e. The number of rotatable bonds is 2. The highest BCUT2D eigenvalue weighted by Crippen LogP contribution is 2.40. The highest BCUT2D eigenvalue weighted by atomic mass is 16.7. The molecular formula is C11H16O4. The quantitative estimate of drug-likeness (QED) is 0.544. The molecule has 1 aliphatic carbocycles. The van der Waals surface area contributed by atoms with Crippen molar-refractivity contribution in [2.24, 2.45) is 11.8 Å². The molecule has 2 rings (SSSR count). The molecule has 0 bridgehead atoms. The molecule has 1 N–H and O–H groups in total. The second-order valence-electron chi connectivity index (χ2n) is 4.11. The van der Waals surface area contributed by atoms with Gasteiger partial charge in [0.25, 0.3) is 0 Å². The molecule has 0 spiro atoms. The van der Waals surface area contributed by atoms with Crippen LogP contribution in [0.4, 0.5) is 0 Å². The van der Waals surface area contributed by atoms with Crippen molar-refractivity contribution in [1.29, 1.82) is 0 Å². The lowest BCUT2D eigenvalue weighted by molar-refractivity contribution is -0.180. The first kappa shape index (κ1) is 10.6. The van der Waals surface area contributed by atoms with Gasteiger partial charge in [0.05, 0.1) is 12.7 Å². The van der Waals surface area contributed by atoms with Crippen LogP contribution in [-0.4, -0.2) is 30.1 Å². The number of carbonyl (C=O) groups excluding carboxylic acids is 1. The lowest BCUT2D eigenvalue weighted by atomic mass is 9.81. The van der Waals surface area contributed by atoms with Gasteiger partial charge in [-0.3, -0.25) is 4.79 Å². The van der Waals surface area contributed by atoms with E-state index in [0.717, 1.165) is 12.8 Å². The molecule has 0 radical (unpaired) electrons. The molecule has 0 amide bonds. The van der Waals surface area contributed by atoms with Crippen molar-refractivity contribution in [3.05, 3.63) is 12.2 Å². The average Bonchev–Trinajstić information content (AvgIpc) is 2.56. The van der Waals surface area contributed by atoms with Crippen LogP contribution in [-0.2, 0) is 14.3 Å². The van der Waals surface area contributed by atoms with Gasteiger partial charge in [-0.1, -0.05) is 12.2 Å². The molecule has 0 saturated carbocycles. The van der Waals surface area contributed by atoms with Crippen molar-refractivity contribution in [1.82, 2.24) is 0 Å². The maximum atomic E-state index is 10.9. The number of hydrogen-bond acceptors (Lipinski definition) is 4. The fourth-order valence-corrected chi connectivity index (χ4v) is 2.43. The number of ether oxygens (including phenoxy) is 2. The van der Waals surface area contributed by atoms with Crippen LogP contribution < -0.4 is 0 Å². The minimum absolute atomic E-state index is 0.00717. The maximum absolute atomic E-state index is 10.9. The van der Waals surface area contributed by atoms with E-state index in [1.165, 1.54) is 6.92 Å². The van der Waals surface area contributed by atoms with E-state index in [1.54, 1.807) is 0 Å². The summed E-state index contributed by atoms with van der Waals surface area (Å²) in [5, 5.41) is 9.17. The van der Waals surface area contributed by atoms with Gasteiger partial charge in [-0.25, -0.2) is 0 Å². The summed E-state index contributed by atoms with van der Waals surface area (Å²) in [4.78, 5) is 10.9. The van der Waals surface area contributed by atoms with Crippen LogP contribution in [0, 0.1) is 11.8 Å². The van der Waals surface area contributed by atoms with E-state index in [1.807, 2.05) is 0 Å². The molecule has 84 valence electrons. The Morgan fingerprint density at radius 3 is 2.73 bits per heavy atom. The van der Waals surface area contributed by atoms with Crippen molar-refractivity contribution in [2.45, 2.75) is 32.2 Å². The molecule has 0 aromatic heterocycles. The van der Waals surface area contributed by atoms with Gasteiger partial charge in [-0.15, -0.1) is 0 Å². The zero-order chi connectivity index (χ0) is 10.8. The number of esters is 1. The molecule has 0 aromatic carbocycles. The normalized spacial score (nSPS) is 38.8. The molecule has 1 fully saturated rings. The third-order valence-corrected chi connectivity index (χ3v) is 3.13. The maximum Gasteiger partial charge on any atom is 0.304 e. The number of hydrogen-bond donors (Lipinski definition) is 1. The molecule has 2 aliphatic rings. The molecule has 1 aliphatic heterocycles. The second kappa shape index (κ2) is 4.33. The van der Waals surface area contributed by atoms with Crippen molar-refractivity contribution in [3.63, 3.8) is 0 Å². The first-order chi connectivity index (χ1) is 7.22. The lowest BCUT2D eigenvalue weighted by Gasteiger charge is -2.23. The lowest BCUT2D eigenvalue weighted by Crippen LogP contribution is -2.27. The molecule has 4 nitrogen and oxygen atoms in total. The molecule has 4 atom stereocenters. The van der Waals surface area contributed by atoms with Crippen LogP contribution >= 0.6 is 0 Å². The number of carbonyl (C=O) groups is 1. The summed E-state index contributed by atoms with van der Waals surface area (Å²) in [6.07, 6.45) is 5.27. The predicted octanol–water partition coefficient (Wildman–Crippen LogP) is 0.849. The van der Waals surface area contributed by atoms with E-state index in [-0.39, 0.29) is 30.5 Å². The molecule has 1 saturated heterocycles. The van der Waals surface area contributed by atoms with Crippen LogP contribution in [0.25, 0.3) is 0 Å². The summed E-state index contributed by atoms with van der Waals surface area (Å²) in [6.45, 7) is 1.37. The van der Waals surface area contributed by atoms with E-state index in [0.29, 0.717) is 0 Å². The Balaban J connectivity index is 2.08. The molecular weight excluding hydrogens is 196 g/mol. The van der Waals surface area contributed by atoms with Crippen LogP contribution in [0.2, 0.25) is 0 Å². The zero-order valence-electron chi connectivity index (χ0n) is 8.76. The average molecular weight is 212 g/mol. The van der Waals surface area contributed by atoms with Gasteiger partial charge in [0.15, 0.2) is 0 Å². The first-order valence-corrected chi connectivity index (χ1v) is 5.31. The summed E-state index contributed by atoms with van der Waals surface area (Å²) >= 11 is 0. The second-order valence-corrected chi connectivity index (χ2v) is 4.11. The predicted molar refractivity (Wildman–Crippen MR) is 52.9 cm³/mol. The van der Waals surface area contributed by atoms with Crippen LogP contribution in [0.3, 0.4) is 0 Å². The van der Waals surface area contributed by atoms with Gasteiger partial charge in [0.1, 0.15) is 0 Å². The molecule has 15 heavy (non-hydrogen) atoms. The Morgan fingerprint density at radius 1 is 1.47 bits per heavy atom. The van der Waals surface area contributed by atoms with E-state index in [9.17, 15) is 4.79 Å². The van der Waals surface area contributed by atoms with E-state index in [2.05, 4.69) is 12.2 Å². The molecule has 0 aromatic rings. The number of fused-ring (bicyclic) bond motifs is 1. The Hall–Kier alpha value is -0.870.